The van der Waals surface area contributed by atoms with Gasteiger partial charge in [0.05, 0.1) is 5.69 Å². The highest BCUT2D eigenvalue weighted by Crippen LogP contribution is 2.40. The molecule has 1 saturated carbocycles. The molecule has 0 bridgehead atoms. The van der Waals surface area contributed by atoms with Gasteiger partial charge in [-0.25, -0.2) is 14.4 Å². The summed E-state index contributed by atoms with van der Waals surface area (Å²) in [5.41, 5.74) is 2.52. The molecule has 92 valence electrons. The first-order valence-electron chi connectivity index (χ1n) is 5.95. The molecule has 1 aromatic heterocycles. The minimum absolute atomic E-state index is 0.251. The summed E-state index contributed by atoms with van der Waals surface area (Å²) in [6, 6.07) is 6.30. The maximum absolute atomic E-state index is 12.9. The zero-order valence-corrected chi connectivity index (χ0v) is 10.7. The Hall–Kier alpha value is -1.48. The molecule has 0 aliphatic heterocycles. The molecule has 0 unspecified atom stereocenters. The van der Waals surface area contributed by atoms with Crippen molar-refractivity contribution in [2.75, 3.05) is 0 Å². The Balaban J connectivity index is 2.12. The van der Waals surface area contributed by atoms with E-state index in [4.69, 9.17) is 11.6 Å². The smallest absolute Gasteiger partial charge is 0.136 e. The molecule has 2 aromatic rings. The highest BCUT2D eigenvalue weighted by atomic mass is 35.5. The minimum atomic E-state index is -0.251. The van der Waals surface area contributed by atoms with Crippen LogP contribution in [0.1, 0.15) is 30.1 Å². The van der Waals surface area contributed by atoms with Gasteiger partial charge in [0.1, 0.15) is 16.8 Å². The van der Waals surface area contributed by atoms with Gasteiger partial charge in [0, 0.05) is 17.0 Å². The quantitative estimate of drug-likeness (QED) is 0.761. The maximum atomic E-state index is 12.9. The number of rotatable bonds is 2. The topological polar surface area (TPSA) is 25.8 Å². The van der Waals surface area contributed by atoms with E-state index in [1.807, 2.05) is 6.92 Å². The molecule has 0 spiro atoms. The standard InChI is InChI=1S/C14H12ClFN2/c1-8-12(9-4-6-11(16)7-5-9)17-14(10-2-3-10)18-13(8)15/h4-7,10H,2-3H2,1H3. The third-order valence-corrected chi connectivity index (χ3v) is 3.53. The fourth-order valence-corrected chi connectivity index (χ4v) is 2.09. The number of hydrogen-bond donors (Lipinski definition) is 0. The first-order chi connectivity index (χ1) is 8.65. The highest BCUT2D eigenvalue weighted by molar-refractivity contribution is 6.30. The van der Waals surface area contributed by atoms with Crippen molar-refractivity contribution in [3.05, 3.63) is 46.6 Å². The zero-order valence-electron chi connectivity index (χ0n) is 9.95. The van der Waals surface area contributed by atoms with Crippen LogP contribution in [0.25, 0.3) is 11.3 Å². The Kier molecular flexibility index (Phi) is 2.78. The van der Waals surface area contributed by atoms with Gasteiger partial charge in [0.15, 0.2) is 0 Å². The van der Waals surface area contributed by atoms with Gasteiger partial charge in [-0.1, -0.05) is 11.6 Å². The van der Waals surface area contributed by atoms with Crippen LogP contribution in [-0.2, 0) is 0 Å². The summed E-state index contributed by atoms with van der Waals surface area (Å²) in [4.78, 5) is 8.90. The molecule has 0 saturated heterocycles. The largest absolute Gasteiger partial charge is 0.232 e. The van der Waals surface area contributed by atoms with Gasteiger partial charge in [0.2, 0.25) is 0 Å². The van der Waals surface area contributed by atoms with Crippen LogP contribution in [-0.4, -0.2) is 9.97 Å². The van der Waals surface area contributed by atoms with Crippen molar-refractivity contribution < 1.29 is 4.39 Å². The monoisotopic (exact) mass is 262 g/mol. The SMILES string of the molecule is Cc1c(Cl)nc(C2CC2)nc1-c1ccc(F)cc1. The fraction of sp³-hybridized carbons (Fsp3) is 0.286. The van der Waals surface area contributed by atoms with Gasteiger partial charge in [-0.15, -0.1) is 0 Å². The molecule has 1 aliphatic carbocycles. The third-order valence-electron chi connectivity index (χ3n) is 3.16. The van der Waals surface area contributed by atoms with E-state index in [1.165, 1.54) is 12.1 Å². The van der Waals surface area contributed by atoms with Crippen LogP contribution >= 0.6 is 11.6 Å². The Morgan fingerprint density at radius 3 is 2.44 bits per heavy atom. The van der Waals surface area contributed by atoms with Crippen molar-refractivity contribution in [2.24, 2.45) is 0 Å². The average molecular weight is 263 g/mol. The van der Waals surface area contributed by atoms with Crippen LogP contribution in [0.4, 0.5) is 4.39 Å². The van der Waals surface area contributed by atoms with Crippen molar-refractivity contribution >= 4 is 11.6 Å². The zero-order chi connectivity index (χ0) is 12.7. The van der Waals surface area contributed by atoms with E-state index in [-0.39, 0.29) is 5.82 Å². The molecule has 1 aromatic carbocycles. The molecule has 0 atom stereocenters. The van der Waals surface area contributed by atoms with E-state index in [9.17, 15) is 4.39 Å². The van der Waals surface area contributed by atoms with E-state index in [0.717, 1.165) is 35.5 Å². The Bertz CT molecular complexity index is 591. The van der Waals surface area contributed by atoms with Gasteiger partial charge in [-0.3, -0.25) is 0 Å². The van der Waals surface area contributed by atoms with Gasteiger partial charge in [0.25, 0.3) is 0 Å². The average Bonchev–Trinajstić information content (AvgIpc) is 3.18. The lowest BCUT2D eigenvalue weighted by atomic mass is 10.1. The fourth-order valence-electron chi connectivity index (χ4n) is 1.92. The molecule has 0 N–H and O–H groups in total. The van der Waals surface area contributed by atoms with E-state index in [1.54, 1.807) is 12.1 Å². The van der Waals surface area contributed by atoms with Crippen molar-refractivity contribution in [3.8, 4) is 11.3 Å². The van der Waals surface area contributed by atoms with Gasteiger partial charge in [-0.2, -0.15) is 0 Å². The maximum Gasteiger partial charge on any atom is 0.136 e. The normalized spacial score (nSPS) is 14.8. The van der Waals surface area contributed by atoms with Crippen LogP contribution in [0.2, 0.25) is 5.15 Å². The predicted molar refractivity (Wildman–Crippen MR) is 69.1 cm³/mol. The van der Waals surface area contributed by atoms with E-state index >= 15 is 0 Å². The van der Waals surface area contributed by atoms with Crippen LogP contribution in [0, 0.1) is 12.7 Å². The summed E-state index contributed by atoms with van der Waals surface area (Å²) >= 11 is 6.15. The first kappa shape index (κ1) is 11.6. The predicted octanol–water partition coefficient (Wildman–Crippen LogP) is 4.12. The number of aromatic nitrogens is 2. The van der Waals surface area contributed by atoms with E-state index < -0.39 is 0 Å². The minimum Gasteiger partial charge on any atom is -0.232 e. The molecule has 0 amide bonds. The van der Waals surface area contributed by atoms with Crippen LogP contribution in [0.5, 0.6) is 0 Å². The Morgan fingerprint density at radius 2 is 1.83 bits per heavy atom. The lowest BCUT2D eigenvalue weighted by Crippen LogP contribution is -1.99. The molecular formula is C14H12ClFN2. The number of hydrogen-bond acceptors (Lipinski definition) is 2. The van der Waals surface area contributed by atoms with Gasteiger partial charge < -0.3 is 0 Å². The summed E-state index contributed by atoms with van der Waals surface area (Å²) in [7, 11) is 0. The summed E-state index contributed by atoms with van der Waals surface area (Å²) < 4.78 is 12.9. The van der Waals surface area contributed by atoms with Crippen LogP contribution < -0.4 is 0 Å². The Morgan fingerprint density at radius 1 is 1.17 bits per heavy atom. The molecule has 3 rings (SSSR count). The van der Waals surface area contributed by atoms with Gasteiger partial charge >= 0.3 is 0 Å². The number of halogens is 2. The third kappa shape index (κ3) is 2.10. The molecule has 1 fully saturated rings. The van der Waals surface area contributed by atoms with Crippen molar-refractivity contribution in [3.63, 3.8) is 0 Å². The second-order valence-corrected chi connectivity index (χ2v) is 4.99. The van der Waals surface area contributed by atoms with Crippen LogP contribution in [0.3, 0.4) is 0 Å². The summed E-state index contributed by atoms with van der Waals surface area (Å²) in [6.45, 7) is 1.89. The molecule has 4 heteroatoms. The van der Waals surface area contributed by atoms with Crippen molar-refractivity contribution in [2.45, 2.75) is 25.7 Å². The van der Waals surface area contributed by atoms with Crippen molar-refractivity contribution in [1.82, 2.24) is 9.97 Å². The molecule has 1 heterocycles. The molecule has 1 aliphatic rings. The molecule has 18 heavy (non-hydrogen) atoms. The summed E-state index contributed by atoms with van der Waals surface area (Å²) in [6.07, 6.45) is 2.25. The van der Waals surface area contributed by atoms with E-state index in [2.05, 4.69) is 9.97 Å². The summed E-state index contributed by atoms with van der Waals surface area (Å²) in [5, 5.41) is 0.492. The second kappa shape index (κ2) is 4.32. The number of benzene rings is 1. The number of nitrogens with zero attached hydrogens (tertiary/aromatic N) is 2. The molecule has 2 nitrogen and oxygen atoms in total. The lowest BCUT2D eigenvalue weighted by molar-refractivity contribution is 0.628. The Labute approximate surface area is 110 Å². The lowest BCUT2D eigenvalue weighted by Gasteiger charge is -2.09. The van der Waals surface area contributed by atoms with E-state index in [0.29, 0.717) is 11.1 Å². The van der Waals surface area contributed by atoms with Crippen molar-refractivity contribution in [1.29, 1.82) is 0 Å². The van der Waals surface area contributed by atoms with Gasteiger partial charge in [-0.05, 0) is 44.0 Å². The summed E-state index contributed by atoms with van der Waals surface area (Å²) in [5.74, 6) is 1.01. The highest BCUT2D eigenvalue weighted by Gasteiger charge is 2.28. The first-order valence-corrected chi connectivity index (χ1v) is 6.33. The van der Waals surface area contributed by atoms with Crippen LogP contribution in [0.15, 0.2) is 24.3 Å². The molecular weight excluding hydrogens is 251 g/mol. The second-order valence-electron chi connectivity index (χ2n) is 4.63. The molecule has 0 radical (unpaired) electrons.